The van der Waals surface area contributed by atoms with Gasteiger partial charge in [0.2, 0.25) is 70.0 Å². The van der Waals surface area contributed by atoms with E-state index < -0.39 is 58.8 Å². The number of aromatic nitrogens is 17. The van der Waals surface area contributed by atoms with Crippen LogP contribution in [0.2, 0.25) is 15.5 Å². The van der Waals surface area contributed by atoms with Gasteiger partial charge in [-0.25, -0.2) is 34.5 Å². The van der Waals surface area contributed by atoms with Crippen molar-refractivity contribution in [1.29, 1.82) is 0 Å². The number of ketones is 1. The first kappa shape index (κ1) is 114. The molecular formula is C88H103BrCl3F6N27O22. The number of esters is 2. The van der Waals surface area contributed by atoms with Crippen molar-refractivity contribution in [1.82, 2.24) is 107 Å². The Kier molecular flexibility index (Phi) is 42.0. The lowest BCUT2D eigenvalue weighted by molar-refractivity contribution is -0.152. The number of morpholine rings is 5. The van der Waals surface area contributed by atoms with Crippen molar-refractivity contribution in [3.63, 3.8) is 0 Å². The maximum Gasteiger partial charge on any atom is 0.416 e. The maximum absolute atomic E-state index is 13.2. The van der Waals surface area contributed by atoms with Crippen molar-refractivity contribution in [3.05, 3.63) is 201 Å². The molecule has 5 fully saturated rings. The van der Waals surface area contributed by atoms with Crippen molar-refractivity contribution in [2.24, 2.45) is 5.73 Å². The first-order valence-electron chi connectivity index (χ1n) is 44.3. The fourth-order valence-corrected chi connectivity index (χ4v) is 14.3. The van der Waals surface area contributed by atoms with Crippen molar-refractivity contribution >= 4 is 144 Å². The zero-order valence-electron chi connectivity index (χ0n) is 79.9. The van der Waals surface area contributed by atoms with Crippen LogP contribution in [0, 0.1) is 0 Å². The number of nitrogens with two attached hydrogens (primary N) is 4. The molecule has 14 N–H and O–H groups in total. The van der Waals surface area contributed by atoms with Gasteiger partial charge >= 0.3 is 24.3 Å². The monoisotopic (exact) mass is 2190 g/mol. The Bertz CT molecular complexity index is 6890. The lowest BCUT2D eigenvalue weighted by atomic mass is 10.0. The van der Waals surface area contributed by atoms with E-state index in [1.165, 1.54) is 112 Å². The summed E-state index contributed by atoms with van der Waals surface area (Å²) < 4.78 is 138. The van der Waals surface area contributed by atoms with Crippen molar-refractivity contribution in [2.45, 2.75) is 52.1 Å². The Morgan fingerprint density at radius 1 is 0.469 bits per heavy atom. The Hall–Kier alpha value is -14.6. The second-order valence-corrected chi connectivity index (χ2v) is 32.7. The van der Waals surface area contributed by atoms with E-state index in [1.54, 1.807) is 59.6 Å². The van der Waals surface area contributed by atoms with Gasteiger partial charge in [-0.15, -0.1) is 0 Å². The van der Waals surface area contributed by atoms with E-state index in [4.69, 9.17) is 105 Å². The van der Waals surface area contributed by atoms with Crippen LogP contribution in [0.3, 0.4) is 0 Å². The number of methoxy groups -OCH3 is 4. The molecule has 0 aliphatic carbocycles. The fraction of sp³-hybridized carbons (Fsp3) is 0.398. The number of anilines is 4. The van der Waals surface area contributed by atoms with Gasteiger partial charge in [0.1, 0.15) is 49.7 Å². The van der Waals surface area contributed by atoms with Crippen LogP contribution >= 0.6 is 50.7 Å². The van der Waals surface area contributed by atoms with Crippen LogP contribution in [0.15, 0.2) is 118 Å². The average molecular weight is 2190 g/mol. The number of carbonyl (C=O) groups excluding carboxylic acids is 7. The quantitative estimate of drug-likeness (QED) is 0.0115. The van der Waals surface area contributed by atoms with Crippen LogP contribution in [-0.4, -0.2) is 326 Å². The molecule has 2 atom stereocenters. The number of ether oxygens (including phenoxy) is 11. The number of carbonyl (C=O) groups is 7. The number of aromatic hydroxyl groups is 1. The number of halogens is 10. The molecule has 147 heavy (non-hydrogen) atoms. The second-order valence-electron chi connectivity index (χ2n) is 31.0. The summed E-state index contributed by atoms with van der Waals surface area (Å²) in [5.74, 6) is -0.0253. The smallest absolute Gasteiger partial charge is 0.416 e. The molecule has 0 unspecified atom stereocenters. The van der Waals surface area contributed by atoms with Gasteiger partial charge in [0.05, 0.1) is 148 Å². The predicted octanol–water partition coefficient (Wildman–Crippen LogP) is 6.55. The van der Waals surface area contributed by atoms with Crippen LogP contribution in [-0.2, 0) is 55.1 Å². The molecule has 18 rings (SSSR count). The van der Waals surface area contributed by atoms with Gasteiger partial charge in [-0.2, -0.15) is 46.3 Å². The number of amides is 4. The Morgan fingerprint density at radius 3 is 1.31 bits per heavy atom. The molecule has 13 aromatic rings. The van der Waals surface area contributed by atoms with Crippen molar-refractivity contribution in [3.8, 4) is 29.4 Å². The summed E-state index contributed by atoms with van der Waals surface area (Å²) in [5.41, 5.74) is 21.1. The van der Waals surface area contributed by atoms with Crippen LogP contribution < -0.4 is 69.2 Å². The topological polar surface area (TPSA) is 619 Å². The van der Waals surface area contributed by atoms with Crippen LogP contribution in [0.1, 0.15) is 114 Å². The molecule has 16 heterocycles. The van der Waals surface area contributed by atoms with Crippen LogP contribution in [0.4, 0.5) is 49.5 Å². The van der Waals surface area contributed by atoms with Gasteiger partial charge in [0, 0.05) is 132 Å². The van der Waals surface area contributed by atoms with E-state index in [2.05, 4.69) is 91.1 Å². The van der Waals surface area contributed by atoms with Crippen molar-refractivity contribution < 1.29 is 117 Å². The summed E-state index contributed by atoms with van der Waals surface area (Å²) in [4.78, 5) is 167. The maximum atomic E-state index is 13.2. The highest BCUT2D eigenvalue weighted by atomic mass is 79.9. The van der Waals surface area contributed by atoms with Gasteiger partial charge in [0.15, 0.2) is 0 Å². The minimum Gasteiger partial charge on any atom is -0.494 e. The minimum absolute atomic E-state index is 0.00223. The van der Waals surface area contributed by atoms with E-state index in [0.29, 0.717) is 156 Å². The molecule has 4 amide bonds. The number of rotatable bonds is 17. The Labute approximate surface area is 852 Å². The largest absolute Gasteiger partial charge is 0.494 e. The molecule has 49 nitrogen and oxygen atoms in total. The Balaban J connectivity index is 0.000000175. The number of alkyl halides is 7. The summed E-state index contributed by atoms with van der Waals surface area (Å²) in [6, 6.07) is 13.8. The third-order valence-corrected chi connectivity index (χ3v) is 21.9. The first-order chi connectivity index (χ1) is 70.0. The number of nitrogens with one attached hydrogen (secondary N) is 5. The lowest BCUT2D eigenvalue weighted by Gasteiger charge is -2.26. The number of hydrogen-bond acceptors (Lipinski definition) is 37. The summed E-state index contributed by atoms with van der Waals surface area (Å²) >= 11 is 20.8. The number of Topliss-reactive ketones (excluding diaryl/α,β-unsaturated/α-hetero) is 1. The number of H-pyrrole nitrogens is 3. The SMILES string of the molecule is C1COCCN1.CCOC(=O)C(=O)CBr.CCOC(=O)c1cn2c(=O)cc(OC)nc2[nH]1.COc1cc(=O)n2cc(C(=O)N3CCOCC3)[nH]c2n1.COc1cc(OC)nc(N)n1.C[C@@H](N)c1cc(N)cc(C(F)(F)F)c1.C[C@@H](Nc1cc(Cl)nc2nc(C(=O)N3CCOCC3)cn12)c1cc(N)cc(C(F)(F)F)c1.O=C(c1cn2c(Cl)cc(Cl)nc2n1)N1CCOCC1.O=C(c1cn2c(O)cc(=O)[nH]c2n1)N1CCOCC1. The number of benzene rings is 2. The molecule has 5 saturated heterocycles. The van der Waals surface area contributed by atoms with Crippen LogP contribution in [0.25, 0.3) is 28.9 Å². The molecular weight excluding hydrogens is 2090 g/mol. The zero-order valence-corrected chi connectivity index (χ0v) is 83.7. The molecule has 0 bridgehead atoms. The Morgan fingerprint density at radius 2 is 0.871 bits per heavy atom. The standard InChI is InChI=1S/C20H20ClF3N6O2.C12H14N4O4.C11H10Cl2N4O2.C11H12N4O4.C10H11N3O4.C9H11F3N2.C6H9N3O2.C5H7BrO3.C4H9NO/c1-11(12-6-13(20(22,23)24)8-14(25)7-12)26-17-9-16(21)28-19-27-15(10-30(17)19)18(31)29-2-4-32-5-3-29;1-19-9-6-10(17)16-7-8(13-12(16)14-9)11(18)15-2-4-20-5-3-15;12-8-5-9(13)17-6-7(14-11(17)15-8)10(18)16-1-3-19-4-2-16;16-8-5-9(17)15-6-7(12-11(15)13-8)10(18)14-1-3-19-4-2-14;1-3-17-9(15)6-5-13-8(14)4-7(16-2)12-10(13)11-6;1-5(13)6-2-7(9(10,11)12)4-8(14)3-6;1-10-4-3-5(11-2)9-6(7)8-4;1-2-9-5(8)4(7)3-6;1-3-6-4-2-5-1/h6-11,26H,2-5,25H2,1H3;6-7H,2-5H2,1H3,(H,13,14);5-6H,1-4H2;5-6,17H,1-4H2,(H,12,13,16);4-5H,3H2,1-2H3,(H,11,12);2-5H,13-14H2,1H3;3H,1-2H3,(H2,7,8,9);2-3H2,1H3;5H,1-4H2/t11-;;;;;5-;;;/m1....1.../s1. The molecule has 5 aliphatic rings. The highest BCUT2D eigenvalue weighted by molar-refractivity contribution is 9.09. The summed E-state index contributed by atoms with van der Waals surface area (Å²) in [6.45, 7) is 19.2. The number of aromatic amines is 3. The molecule has 11 aromatic heterocycles. The predicted molar refractivity (Wildman–Crippen MR) is 521 cm³/mol. The van der Waals surface area contributed by atoms with Crippen molar-refractivity contribution in [2.75, 3.05) is 201 Å². The lowest BCUT2D eigenvalue weighted by Crippen LogP contribution is -2.40. The fourth-order valence-electron chi connectivity index (χ4n) is 13.4. The van der Waals surface area contributed by atoms with E-state index in [0.717, 1.165) is 56.6 Å². The third kappa shape index (κ3) is 32.7. The highest BCUT2D eigenvalue weighted by Crippen LogP contribution is 2.36. The van der Waals surface area contributed by atoms with E-state index >= 15 is 0 Å². The molecule has 792 valence electrons. The molecule has 2 aromatic carbocycles. The molecule has 0 spiro atoms. The highest BCUT2D eigenvalue weighted by Gasteiger charge is 2.34. The summed E-state index contributed by atoms with van der Waals surface area (Å²) in [6.07, 6.45) is -1.59. The van der Waals surface area contributed by atoms with E-state index in [1.807, 2.05) is 0 Å². The number of nitrogen functional groups attached to an aromatic ring is 3. The first-order valence-corrected chi connectivity index (χ1v) is 46.6. The van der Waals surface area contributed by atoms with Gasteiger partial charge < -0.3 is 120 Å². The van der Waals surface area contributed by atoms with Gasteiger partial charge in [-0.3, -0.25) is 65.3 Å². The molecule has 59 heteroatoms. The van der Waals surface area contributed by atoms with Crippen LogP contribution in [0.5, 0.6) is 29.4 Å². The number of fused-ring (bicyclic) bond motifs is 5. The van der Waals surface area contributed by atoms with E-state index in [9.17, 15) is 79.4 Å². The summed E-state index contributed by atoms with van der Waals surface area (Å²) in [5, 5.41) is 16.6. The normalized spacial score (nSPS) is 14.4. The second kappa shape index (κ2) is 54.0. The number of imidazole rings is 5. The van der Waals surface area contributed by atoms with Gasteiger partial charge in [0.25, 0.3) is 40.3 Å². The summed E-state index contributed by atoms with van der Waals surface area (Å²) in [7, 11) is 5.84. The molecule has 0 radical (unpaired) electrons. The minimum atomic E-state index is -4.52. The average Bonchev–Trinajstić information content (AvgIpc) is 1.73. The van der Waals surface area contributed by atoms with Gasteiger partial charge in [-0.05, 0) is 75.2 Å². The van der Waals surface area contributed by atoms with E-state index in [-0.39, 0.29) is 139 Å². The molecule has 5 aliphatic heterocycles. The number of hydrogen-bond donors (Lipinski definition) is 10. The van der Waals surface area contributed by atoms with Gasteiger partial charge in [-0.1, -0.05) is 50.7 Å². The third-order valence-electron chi connectivity index (χ3n) is 20.7. The number of nitrogens with zero attached hydrogens (tertiary/aromatic N) is 18. The zero-order chi connectivity index (χ0) is 107. The molecule has 0 saturated carbocycles.